The first-order valence-corrected chi connectivity index (χ1v) is 7.52. The lowest BCUT2D eigenvalue weighted by atomic mass is 9.86. The van der Waals surface area contributed by atoms with Gasteiger partial charge in [0, 0.05) is 19.6 Å². The van der Waals surface area contributed by atoms with Crippen LogP contribution in [0.1, 0.15) is 32.1 Å². The number of amides is 3. The summed E-state index contributed by atoms with van der Waals surface area (Å²) in [5, 5.41) is 5.69. The Morgan fingerprint density at radius 3 is 2.95 bits per heavy atom. The van der Waals surface area contributed by atoms with Crippen molar-refractivity contribution in [1.29, 1.82) is 0 Å². The summed E-state index contributed by atoms with van der Waals surface area (Å²) in [5.74, 6) is 2.65. The highest BCUT2D eigenvalue weighted by atomic mass is 16.2. The van der Waals surface area contributed by atoms with Gasteiger partial charge >= 0.3 is 6.03 Å². The highest BCUT2D eigenvalue weighted by Gasteiger charge is 2.38. The third kappa shape index (κ3) is 2.85. The first kappa shape index (κ1) is 12.8. The van der Waals surface area contributed by atoms with Crippen molar-refractivity contribution in [3.8, 4) is 0 Å². The molecule has 3 amide bonds. The van der Waals surface area contributed by atoms with Crippen LogP contribution in [0.2, 0.25) is 0 Å². The van der Waals surface area contributed by atoms with Crippen molar-refractivity contribution in [2.45, 2.75) is 32.1 Å². The summed E-state index contributed by atoms with van der Waals surface area (Å²) in [4.78, 5) is 24.7. The van der Waals surface area contributed by atoms with Crippen LogP contribution in [0.25, 0.3) is 0 Å². The highest BCUT2D eigenvalue weighted by molar-refractivity contribution is 5.85. The molecule has 106 valence electrons. The van der Waals surface area contributed by atoms with E-state index in [1.165, 1.54) is 25.7 Å². The van der Waals surface area contributed by atoms with E-state index in [4.69, 9.17) is 0 Å². The van der Waals surface area contributed by atoms with E-state index in [-0.39, 0.29) is 18.5 Å². The largest absolute Gasteiger partial charge is 0.353 e. The molecule has 3 fully saturated rings. The molecule has 2 N–H and O–H groups in total. The maximum Gasteiger partial charge on any atom is 0.317 e. The Kier molecular flexibility index (Phi) is 3.62. The molecule has 0 aromatic carbocycles. The van der Waals surface area contributed by atoms with Crippen LogP contribution in [-0.4, -0.2) is 43.0 Å². The third-order valence-corrected chi connectivity index (χ3v) is 5.00. The Morgan fingerprint density at radius 2 is 2.26 bits per heavy atom. The fourth-order valence-corrected chi connectivity index (χ4v) is 4.02. The number of nitrogens with one attached hydrogen (secondary N) is 2. The number of hydrogen-bond donors (Lipinski definition) is 2. The molecule has 2 bridgehead atoms. The van der Waals surface area contributed by atoms with E-state index >= 15 is 0 Å². The summed E-state index contributed by atoms with van der Waals surface area (Å²) in [5.41, 5.74) is 0. The molecule has 5 heteroatoms. The smallest absolute Gasteiger partial charge is 0.317 e. The molecule has 1 heterocycles. The molecule has 0 aromatic rings. The maximum atomic E-state index is 11.9. The Hall–Kier alpha value is -1.26. The zero-order valence-electron chi connectivity index (χ0n) is 11.4. The molecule has 3 atom stereocenters. The van der Waals surface area contributed by atoms with E-state index in [2.05, 4.69) is 10.6 Å². The summed E-state index contributed by atoms with van der Waals surface area (Å²) in [7, 11) is 0. The van der Waals surface area contributed by atoms with Crippen LogP contribution in [0.3, 0.4) is 0 Å². The molecular weight excluding hydrogens is 242 g/mol. The number of nitrogens with zero attached hydrogens (tertiary/aromatic N) is 1. The van der Waals surface area contributed by atoms with E-state index in [0.717, 1.165) is 30.7 Å². The van der Waals surface area contributed by atoms with Crippen molar-refractivity contribution in [1.82, 2.24) is 15.5 Å². The van der Waals surface area contributed by atoms with Crippen LogP contribution < -0.4 is 10.6 Å². The molecule has 5 nitrogen and oxygen atoms in total. The molecular formula is C14H23N3O2. The van der Waals surface area contributed by atoms with E-state index < -0.39 is 0 Å². The second kappa shape index (κ2) is 5.39. The summed E-state index contributed by atoms with van der Waals surface area (Å²) in [6.45, 7) is 2.13. The Labute approximate surface area is 114 Å². The minimum Gasteiger partial charge on any atom is -0.353 e. The Bertz CT molecular complexity index is 372. The minimum atomic E-state index is -0.0852. The van der Waals surface area contributed by atoms with Gasteiger partial charge in [-0.15, -0.1) is 0 Å². The van der Waals surface area contributed by atoms with Crippen LogP contribution in [0.5, 0.6) is 0 Å². The molecule has 19 heavy (non-hydrogen) atoms. The van der Waals surface area contributed by atoms with Crippen LogP contribution in [0.4, 0.5) is 4.79 Å². The normalized spacial score (nSPS) is 33.4. The monoisotopic (exact) mass is 265 g/mol. The van der Waals surface area contributed by atoms with Crippen molar-refractivity contribution < 1.29 is 9.59 Å². The van der Waals surface area contributed by atoms with Gasteiger partial charge in [-0.05, 0) is 43.4 Å². The Morgan fingerprint density at radius 1 is 1.37 bits per heavy atom. The van der Waals surface area contributed by atoms with Crippen molar-refractivity contribution >= 4 is 11.9 Å². The summed E-state index contributed by atoms with van der Waals surface area (Å²) >= 11 is 0. The van der Waals surface area contributed by atoms with Crippen molar-refractivity contribution in [3.05, 3.63) is 0 Å². The van der Waals surface area contributed by atoms with Gasteiger partial charge < -0.3 is 15.5 Å². The van der Waals surface area contributed by atoms with Gasteiger partial charge in [-0.25, -0.2) is 4.79 Å². The summed E-state index contributed by atoms with van der Waals surface area (Å²) < 4.78 is 0. The number of urea groups is 1. The first-order chi connectivity index (χ1) is 9.22. The van der Waals surface area contributed by atoms with Gasteiger partial charge in [-0.3, -0.25) is 4.79 Å². The molecule has 3 aliphatic rings. The molecule has 1 aliphatic heterocycles. The zero-order valence-corrected chi connectivity index (χ0v) is 11.4. The number of piperazine rings is 1. The molecule has 0 aromatic heterocycles. The van der Waals surface area contributed by atoms with Gasteiger partial charge in [0.25, 0.3) is 0 Å². The molecule has 2 aliphatic carbocycles. The number of carbonyl (C=O) groups is 2. The van der Waals surface area contributed by atoms with Gasteiger partial charge in [0.15, 0.2) is 0 Å². The number of hydrogen-bond acceptors (Lipinski definition) is 2. The molecule has 2 saturated carbocycles. The second-order valence-corrected chi connectivity index (χ2v) is 6.23. The molecule has 3 unspecified atom stereocenters. The maximum absolute atomic E-state index is 11.9. The predicted molar refractivity (Wildman–Crippen MR) is 71.5 cm³/mol. The SMILES string of the molecule is O=C1CN(C(=O)NCCC2CC3CCC2C3)CCN1. The van der Waals surface area contributed by atoms with Crippen molar-refractivity contribution in [2.75, 3.05) is 26.2 Å². The van der Waals surface area contributed by atoms with Crippen LogP contribution in [0.15, 0.2) is 0 Å². The van der Waals surface area contributed by atoms with Crippen LogP contribution in [-0.2, 0) is 4.79 Å². The van der Waals surface area contributed by atoms with Gasteiger partial charge in [0.2, 0.25) is 5.91 Å². The third-order valence-electron chi connectivity index (χ3n) is 5.00. The molecule has 0 radical (unpaired) electrons. The number of fused-ring (bicyclic) bond motifs is 2. The van der Waals surface area contributed by atoms with E-state index in [1.807, 2.05) is 0 Å². The molecule has 1 saturated heterocycles. The van der Waals surface area contributed by atoms with E-state index in [9.17, 15) is 9.59 Å². The highest BCUT2D eigenvalue weighted by Crippen LogP contribution is 2.49. The quantitative estimate of drug-likeness (QED) is 0.798. The zero-order chi connectivity index (χ0) is 13.2. The Balaban J connectivity index is 1.37. The number of rotatable bonds is 3. The van der Waals surface area contributed by atoms with E-state index in [1.54, 1.807) is 4.90 Å². The first-order valence-electron chi connectivity index (χ1n) is 7.52. The van der Waals surface area contributed by atoms with Crippen molar-refractivity contribution in [2.24, 2.45) is 17.8 Å². The minimum absolute atomic E-state index is 0.0606. The van der Waals surface area contributed by atoms with Gasteiger partial charge in [0.1, 0.15) is 6.54 Å². The van der Waals surface area contributed by atoms with Crippen LogP contribution >= 0.6 is 0 Å². The fraction of sp³-hybridized carbons (Fsp3) is 0.857. The topological polar surface area (TPSA) is 61.4 Å². The number of carbonyl (C=O) groups excluding carboxylic acids is 2. The second-order valence-electron chi connectivity index (χ2n) is 6.23. The van der Waals surface area contributed by atoms with Gasteiger partial charge in [-0.2, -0.15) is 0 Å². The fourth-order valence-electron chi connectivity index (χ4n) is 4.02. The van der Waals surface area contributed by atoms with Crippen LogP contribution in [0, 0.1) is 17.8 Å². The molecule has 3 rings (SSSR count). The van der Waals surface area contributed by atoms with Gasteiger partial charge in [-0.1, -0.05) is 6.42 Å². The predicted octanol–water partition coefficient (Wildman–Crippen LogP) is 0.954. The lowest BCUT2D eigenvalue weighted by Crippen LogP contribution is -2.53. The molecule has 0 spiro atoms. The standard InChI is InChI=1S/C14H23N3O2/c18-13-9-17(6-5-15-13)14(19)16-4-3-12-8-10-1-2-11(12)7-10/h10-12H,1-9H2,(H,15,18)(H,16,19). The average Bonchev–Trinajstić information content (AvgIpc) is 3.01. The average molecular weight is 265 g/mol. The van der Waals surface area contributed by atoms with Gasteiger partial charge in [0.05, 0.1) is 0 Å². The van der Waals surface area contributed by atoms with E-state index in [0.29, 0.717) is 13.1 Å². The summed E-state index contributed by atoms with van der Waals surface area (Å²) in [6.07, 6.45) is 6.72. The van der Waals surface area contributed by atoms with Crippen molar-refractivity contribution in [3.63, 3.8) is 0 Å². The lowest BCUT2D eigenvalue weighted by molar-refractivity contribution is -0.123. The summed E-state index contributed by atoms with van der Waals surface area (Å²) in [6, 6.07) is -0.0852. The lowest BCUT2D eigenvalue weighted by Gasteiger charge is -2.27.